The van der Waals surface area contributed by atoms with Gasteiger partial charge in [-0.05, 0) is 30.4 Å². The number of piperidine rings is 1. The lowest BCUT2D eigenvalue weighted by atomic mass is 9.71. The van der Waals surface area contributed by atoms with Gasteiger partial charge in [-0.3, -0.25) is 9.59 Å². The van der Waals surface area contributed by atoms with Crippen molar-refractivity contribution in [1.82, 2.24) is 9.80 Å². The Morgan fingerprint density at radius 2 is 1.81 bits per heavy atom. The molecule has 2 aliphatic heterocycles. The maximum absolute atomic E-state index is 13.7. The van der Waals surface area contributed by atoms with Crippen molar-refractivity contribution in [3.8, 4) is 0 Å². The minimum absolute atomic E-state index is 0.0599. The maximum Gasteiger partial charge on any atom is 0.245 e. The third kappa shape index (κ3) is 3.93. The highest BCUT2D eigenvalue weighted by Gasteiger charge is 2.46. The van der Waals surface area contributed by atoms with Crippen molar-refractivity contribution in [2.75, 3.05) is 32.8 Å². The van der Waals surface area contributed by atoms with E-state index >= 15 is 0 Å². The van der Waals surface area contributed by atoms with Crippen LogP contribution in [0.5, 0.6) is 0 Å². The van der Waals surface area contributed by atoms with Gasteiger partial charge in [0.25, 0.3) is 0 Å². The lowest BCUT2D eigenvalue weighted by molar-refractivity contribution is -0.150. The third-order valence-corrected chi connectivity index (χ3v) is 5.96. The fourth-order valence-electron chi connectivity index (χ4n) is 4.19. The molecule has 3 rings (SSSR count). The van der Waals surface area contributed by atoms with Crippen LogP contribution in [0.4, 0.5) is 0 Å². The van der Waals surface area contributed by atoms with Gasteiger partial charge >= 0.3 is 0 Å². The highest BCUT2D eigenvalue weighted by molar-refractivity contribution is 5.90. The van der Waals surface area contributed by atoms with E-state index in [1.165, 1.54) is 6.08 Å². The second-order valence-corrected chi connectivity index (χ2v) is 7.88. The Morgan fingerprint density at radius 3 is 2.41 bits per heavy atom. The molecule has 0 N–H and O–H groups in total. The number of carbonyl (C=O) groups is 2. The second-order valence-electron chi connectivity index (χ2n) is 7.88. The van der Waals surface area contributed by atoms with Gasteiger partial charge in [0.1, 0.15) is 0 Å². The molecule has 2 amide bonds. The lowest BCUT2D eigenvalue weighted by Crippen LogP contribution is -2.57. The number of benzene rings is 1. The Labute approximate surface area is 162 Å². The maximum atomic E-state index is 13.7. The van der Waals surface area contributed by atoms with Crippen molar-refractivity contribution < 1.29 is 14.3 Å². The number of amides is 2. The van der Waals surface area contributed by atoms with E-state index in [-0.39, 0.29) is 17.9 Å². The zero-order valence-electron chi connectivity index (χ0n) is 16.4. The number of hydrogen-bond donors (Lipinski definition) is 0. The summed E-state index contributed by atoms with van der Waals surface area (Å²) in [6.07, 6.45) is 2.71. The monoisotopic (exact) mass is 370 g/mol. The molecular formula is C22H30N2O3. The van der Waals surface area contributed by atoms with Gasteiger partial charge in [-0.1, -0.05) is 50.8 Å². The smallest absolute Gasteiger partial charge is 0.245 e. The Hall–Kier alpha value is -2.14. The first-order valence-corrected chi connectivity index (χ1v) is 9.86. The zero-order chi connectivity index (χ0) is 19.4. The fraction of sp³-hybridized carbons (Fsp3) is 0.545. The average molecular weight is 370 g/mol. The quantitative estimate of drug-likeness (QED) is 0.766. The Balaban J connectivity index is 1.86. The molecule has 0 aromatic heterocycles. The summed E-state index contributed by atoms with van der Waals surface area (Å²) in [5.41, 5.74) is 0.478. The number of nitrogens with zero attached hydrogens (tertiary/aromatic N) is 2. The van der Waals surface area contributed by atoms with Crippen molar-refractivity contribution >= 4 is 11.8 Å². The highest BCUT2D eigenvalue weighted by atomic mass is 16.5. The van der Waals surface area contributed by atoms with Crippen molar-refractivity contribution in [3.05, 3.63) is 48.6 Å². The van der Waals surface area contributed by atoms with E-state index in [1.54, 1.807) is 4.90 Å². The summed E-state index contributed by atoms with van der Waals surface area (Å²) in [6, 6.07) is 10.0. The van der Waals surface area contributed by atoms with Crippen molar-refractivity contribution in [2.45, 2.75) is 38.2 Å². The molecule has 1 atom stereocenters. The SMILES string of the molecule is C=CC(=O)N1CCC(C(=O)N2CCOC(C(C)C)C2)(c2ccccc2)CC1. The summed E-state index contributed by atoms with van der Waals surface area (Å²) in [4.78, 5) is 29.5. The number of rotatable bonds is 4. The molecule has 5 nitrogen and oxygen atoms in total. The van der Waals surface area contributed by atoms with E-state index in [4.69, 9.17) is 4.74 Å². The van der Waals surface area contributed by atoms with Gasteiger partial charge in [-0.15, -0.1) is 0 Å². The Kier molecular flexibility index (Phi) is 6.00. The van der Waals surface area contributed by atoms with Crippen LogP contribution >= 0.6 is 0 Å². The van der Waals surface area contributed by atoms with Crippen molar-refractivity contribution in [2.24, 2.45) is 5.92 Å². The molecule has 1 unspecified atom stereocenters. The molecule has 2 aliphatic rings. The molecule has 0 saturated carbocycles. The van der Waals surface area contributed by atoms with Crippen molar-refractivity contribution in [1.29, 1.82) is 0 Å². The number of morpholine rings is 1. The molecule has 0 radical (unpaired) electrons. The van der Waals surface area contributed by atoms with Gasteiger partial charge in [0, 0.05) is 26.2 Å². The Bertz CT molecular complexity index is 678. The van der Waals surface area contributed by atoms with E-state index in [2.05, 4.69) is 20.4 Å². The minimum atomic E-state index is -0.571. The normalized spacial score (nSPS) is 22.6. The van der Waals surface area contributed by atoms with Crippen LogP contribution in [0, 0.1) is 5.92 Å². The topological polar surface area (TPSA) is 49.9 Å². The number of ether oxygens (including phenoxy) is 1. The molecule has 1 aromatic carbocycles. The van der Waals surface area contributed by atoms with Crippen LogP contribution in [0.15, 0.2) is 43.0 Å². The molecule has 27 heavy (non-hydrogen) atoms. The third-order valence-electron chi connectivity index (χ3n) is 5.96. The fourth-order valence-corrected chi connectivity index (χ4v) is 4.19. The van der Waals surface area contributed by atoms with E-state index < -0.39 is 5.41 Å². The summed E-state index contributed by atoms with van der Waals surface area (Å²) in [6.45, 7) is 10.8. The molecule has 2 fully saturated rings. The van der Waals surface area contributed by atoms with Gasteiger partial charge in [-0.25, -0.2) is 0 Å². The molecule has 1 aromatic rings. The molecule has 146 valence electrons. The second kappa shape index (κ2) is 8.26. The summed E-state index contributed by atoms with van der Waals surface area (Å²) in [5.74, 6) is 0.490. The first-order chi connectivity index (χ1) is 13.0. The van der Waals surface area contributed by atoms with Gasteiger partial charge < -0.3 is 14.5 Å². The lowest BCUT2D eigenvalue weighted by Gasteiger charge is -2.45. The molecule has 0 aliphatic carbocycles. The standard InChI is InChI=1S/C22H30N2O3/c1-4-20(25)23-12-10-22(11-13-23,18-8-6-5-7-9-18)21(26)24-14-15-27-19(16-24)17(2)3/h4-9,17,19H,1,10-16H2,2-3H3. The van der Waals surface area contributed by atoms with E-state index in [0.717, 1.165) is 5.56 Å². The summed E-state index contributed by atoms with van der Waals surface area (Å²) < 4.78 is 5.85. The molecule has 2 heterocycles. The predicted octanol–water partition coefficient (Wildman–Crippen LogP) is 2.62. The van der Waals surface area contributed by atoms with Crippen LogP contribution in [0.25, 0.3) is 0 Å². The first kappa shape index (κ1) is 19.6. The van der Waals surface area contributed by atoms with Crippen molar-refractivity contribution in [3.63, 3.8) is 0 Å². The van der Waals surface area contributed by atoms with E-state index in [1.807, 2.05) is 35.2 Å². The molecule has 5 heteroatoms. The molecular weight excluding hydrogens is 340 g/mol. The predicted molar refractivity (Wildman–Crippen MR) is 105 cm³/mol. The van der Waals surface area contributed by atoms with Gasteiger partial charge in [0.05, 0.1) is 18.1 Å². The van der Waals surface area contributed by atoms with Gasteiger partial charge in [0.15, 0.2) is 0 Å². The first-order valence-electron chi connectivity index (χ1n) is 9.86. The highest BCUT2D eigenvalue weighted by Crippen LogP contribution is 2.38. The van der Waals surface area contributed by atoms with Crippen LogP contribution < -0.4 is 0 Å². The Morgan fingerprint density at radius 1 is 1.15 bits per heavy atom. The molecule has 0 spiro atoms. The summed E-state index contributed by atoms with van der Waals surface area (Å²) >= 11 is 0. The number of likely N-dealkylation sites (tertiary alicyclic amines) is 1. The van der Waals surface area contributed by atoms with Crippen LogP contribution in [0.3, 0.4) is 0 Å². The number of carbonyl (C=O) groups excluding carboxylic acids is 2. The average Bonchev–Trinajstić information content (AvgIpc) is 2.73. The minimum Gasteiger partial charge on any atom is -0.374 e. The van der Waals surface area contributed by atoms with Gasteiger partial charge in [-0.2, -0.15) is 0 Å². The van der Waals surface area contributed by atoms with Crippen LogP contribution in [-0.2, 0) is 19.7 Å². The zero-order valence-corrected chi connectivity index (χ0v) is 16.4. The largest absolute Gasteiger partial charge is 0.374 e. The van der Waals surface area contributed by atoms with Crippen LogP contribution in [-0.4, -0.2) is 60.5 Å². The van der Waals surface area contributed by atoms with Gasteiger partial charge in [0.2, 0.25) is 11.8 Å². The number of hydrogen-bond acceptors (Lipinski definition) is 3. The summed E-state index contributed by atoms with van der Waals surface area (Å²) in [5, 5.41) is 0. The molecule has 0 bridgehead atoms. The van der Waals surface area contributed by atoms with Crippen LogP contribution in [0.1, 0.15) is 32.3 Å². The van der Waals surface area contributed by atoms with E-state index in [9.17, 15) is 9.59 Å². The van der Waals surface area contributed by atoms with E-state index in [0.29, 0.717) is 51.5 Å². The molecule has 2 saturated heterocycles. The summed E-state index contributed by atoms with van der Waals surface area (Å²) in [7, 11) is 0. The van der Waals surface area contributed by atoms with Crippen LogP contribution in [0.2, 0.25) is 0 Å².